The summed E-state index contributed by atoms with van der Waals surface area (Å²) in [6.07, 6.45) is 0. The summed E-state index contributed by atoms with van der Waals surface area (Å²) in [5.41, 5.74) is 6.31. The Balaban J connectivity index is 1.31. The van der Waals surface area contributed by atoms with E-state index in [0.717, 1.165) is 49.5 Å². The van der Waals surface area contributed by atoms with Crippen LogP contribution in [0.25, 0.3) is 114 Å². The molecular formula is C46H25N3OS. The first-order valence-electron chi connectivity index (χ1n) is 17.2. The van der Waals surface area contributed by atoms with Gasteiger partial charge in [0.15, 0.2) is 5.58 Å². The molecule has 0 N–H and O–H groups in total. The predicted molar refractivity (Wildman–Crippen MR) is 214 cm³/mol. The maximum absolute atomic E-state index is 6.68. The van der Waals surface area contributed by atoms with Crippen LogP contribution in [0.15, 0.2) is 156 Å². The lowest BCUT2D eigenvalue weighted by atomic mass is 9.95. The van der Waals surface area contributed by atoms with Crippen LogP contribution in [0.3, 0.4) is 0 Å². The molecule has 12 aromatic rings. The van der Waals surface area contributed by atoms with Crippen molar-refractivity contribution in [3.05, 3.63) is 152 Å². The van der Waals surface area contributed by atoms with Gasteiger partial charge in [-0.15, -0.1) is 11.3 Å². The lowest BCUT2D eigenvalue weighted by Gasteiger charge is -2.13. The smallest absolute Gasteiger partial charge is 0.236 e. The van der Waals surface area contributed by atoms with E-state index >= 15 is 0 Å². The minimum atomic E-state index is 0.626. The molecule has 0 saturated carbocycles. The third kappa shape index (κ3) is 3.63. The van der Waals surface area contributed by atoms with E-state index in [0.29, 0.717) is 11.5 Å². The Bertz CT molecular complexity index is 3440. The molecule has 0 aliphatic carbocycles. The summed E-state index contributed by atoms with van der Waals surface area (Å²) >= 11 is 1.85. The first kappa shape index (κ1) is 27.3. The van der Waals surface area contributed by atoms with Gasteiger partial charge < -0.3 is 4.42 Å². The maximum atomic E-state index is 6.68. The minimum Gasteiger partial charge on any atom is -0.452 e. The SMILES string of the molecule is c1ccc2c(c1)cc(-c1nc(-n3c4ccccc4c4c5ccccc5c5c6ccccc6sc5c43)nc3c1oc1ccccc13)c1ccccc12. The second-order valence-electron chi connectivity index (χ2n) is 13.3. The second-order valence-corrected chi connectivity index (χ2v) is 14.3. The Morgan fingerprint density at radius 3 is 1.98 bits per heavy atom. The van der Waals surface area contributed by atoms with E-state index in [1.165, 1.54) is 52.5 Å². The molecule has 0 bridgehead atoms. The second kappa shape index (κ2) is 10.0. The van der Waals surface area contributed by atoms with Crippen molar-refractivity contribution in [3.63, 3.8) is 0 Å². The number of aromatic nitrogens is 3. The summed E-state index contributed by atoms with van der Waals surface area (Å²) in [5.74, 6) is 0.626. The number of nitrogens with zero attached hydrogens (tertiary/aromatic N) is 3. The number of thiophene rings is 1. The number of para-hydroxylation sites is 2. The average molecular weight is 668 g/mol. The van der Waals surface area contributed by atoms with Crippen LogP contribution in [0.2, 0.25) is 0 Å². The largest absolute Gasteiger partial charge is 0.452 e. The fourth-order valence-electron chi connectivity index (χ4n) is 8.45. The van der Waals surface area contributed by atoms with Crippen molar-refractivity contribution in [2.24, 2.45) is 0 Å². The quantitative estimate of drug-likeness (QED) is 0.172. The summed E-state index contributed by atoms with van der Waals surface area (Å²) in [4.78, 5) is 11.0. The van der Waals surface area contributed by atoms with E-state index in [4.69, 9.17) is 14.4 Å². The highest BCUT2D eigenvalue weighted by Gasteiger charge is 2.25. The van der Waals surface area contributed by atoms with Crippen molar-refractivity contribution in [1.29, 1.82) is 0 Å². The van der Waals surface area contributed by atoms with E-state index in [9.17, 15) is 0 Å². The lowest BCUT2D eigenvalue weighted by molar-refractivity contribution is 0.666. The Kier molecular flexibility index (Phi) is 5.35. The lowest BCUT2D eigenvalue weighted by Crippen LogP contribution is -2.03. The van der Waals surface area contributed by atoms with E-state index < -0.39 is 0 Å². The topological polar surface area (TPSA) is 43.9 Å². The highest BCUT2D eigenvalue weighted by Crippen LogP contribution is 2.48. The van der Waals surface area contributed by atoms with Gasteiger partial charge in [0.05, 0.1) is 15.7 Å². The van der Waals surface area contributed by atoms with Crippen LogP contribution in [-0.2, 0) is 0 Å². The molecule has 12 rings (SSSR count). The maximum Gasteiger partial charge on any atom is 0.236 e. The highest BCUT2D eigenvalue weighted by atomic mass is 32.1. The fraction of sp³-hybridized carbons (Fsp3) is 0. The third-order valence-corrected chi connectivity index (χ3v) is 11.8. The van der Waals surface area contributed by atoms with Crippen LogP contribution in [0.4, 0.5) is 0 Å². The fourth-order valence-corrected chi connectivity index (χ4v) is 9.70. The minimum absolute atomic E-state index is 0.626. The van der Waals surface area contributed by atoms with Crippen molar-refractivity contribution in [2.45, 2.75) is 0 Å². The molecule has 0 fully saturated rings. The van der Waals surface area contributed by atoms with Crippen LogP contribution in [0.5, 0.6) is 0 Å². The molecule has 0 amide bonds. The van der Waals surface area contributed by atoms with Crippen molar-refractivity contribution >= 4 is 108 Å². The summed E-state index contributed by atoms with van der Waals surface area (Å²) < 4.78 is 11.5. The first-order valence-corrected chi connectivity index (χ1v) is 18.0. The molecule has 4 aromatic heterocycles. The van der Waals surface area contributed by atoms with Crippen molar-refractivity contribution in [3.8, 4) is 17.2 Å². The molecule has 51 heavy (non-hydrogen) atoms. The molecule has 0 aliphatic rings. The zero-order valence-corrected chi connectivity index (χ0v) is 27.9. The number of fused-ring (bicyclic) bond motifs is 16. The molecule has 0 radical (unpaired) electrons. The Hall–Kier alpha value is -6.56. The van der Waals surface area contributed by atoms with Gasteiger partial charge in [-0.1, -0.05) is 121 Å². The summed E-state index contributed by atoms with van der Waals surface area (Å²) in [7, 11) is 0. The number of furan rings is 1. The van der Waals surface area contributed by atoms with Crippen molar-refractivity contribution in [2.75, 3.05) is 0 Å². The van der Waals surface area contributed by atoms with Gasteiger partial charge in [0.1, 0.15) is 16.8 Å². The first-order chi connectivity index (χ1) is 25.3. The van der Waals surface area contributed by atoms with Crippen LogP contribution >= 0.6 is 11.3 Å². The van der Waals surface area contributed by atoms with E-state index in [-0.39, 0.29) is 0 Å². The Morgan fingerprint density at radius 2 is 1.14 bits per heavy atom. The van der Waals surface area contributed by atoms with Gasteiger partial charge >= 0.3 is 0 Å². The van der Waals surface area contributed by atoms with Crippen molar-refractivity contribution in [1.82, 2.24) is 14.5 Å². The Morgan fingerprint density at radius 1 is 0.510 bits per heavy atom. The van der Waals surface area contributed by atoms with Crippen LogP contribution in [0, 0.1) is 0 Å². The standard InChI is InChI=1S/C46H25N3OS/c1-2-14-27-26(13-1)25-35(29-16-4-3-15-28(27)29)42-44-41(33-20-8-11-23-37(33)50-44)47-46(48-42)49-36-22-10-7-19-32(36)39-30-17-5-6-18-31(30)40-34-21-9-12-24-38(34)51-45(40)43(39)49/h1-25H. The molecule has 0 atom stereocenters. The van der Waals surface area contributed by atoms with E-state index in [1.807, 2.05) is 23.5 Å². The van der Waals surface area contributed by atoms with Gasteiger partial charge in [-0.3, -0.25) is 4.57 Å². The van der Waals surface area contributed by atoms with Gasteiger partial charge in [-0.2, -0.15) is 0 Å². The number of benzene rings is 8. The average Bonchev–Trinajstić information content (AvgIpc) is 3.88. The normalized spacial score (nSPS) is 12.3. The zero-order chi connectivity index (χ0) is 33.2. The summed E-state index contributed by atoms with van der Waals surface area (Å²) in [6, 6.07) is 53.9. The number of rotatable bonds is 2. The highest BCUT2D eigenvalue weighted by molar-refractivity contribution is 7.27. The predicted octanol–water partition coefficient (Wildman–Crippen LogP) is 13.0. The molecular weight excluding hydrogens is 643 g/mol. The van der Waals surface area contributed by atoms with Crippen molar-refractivity contribution < 1.29 is 4.42 Å². The molecule has 0 spiro atoms. The molecule has 4 heterocycles. The van der Waals surface area contributed by atoms with Gasteiger partial charge in [0.25, 0.3) is 0 Å². The third-order valence-electron chi connectivity index (χ3n) is 10.6. The summed E-state index contributed by atoms with van der Waals surface area (Å²) in [6.45, 7) is 0. The molecule has 0 saturated heterocycles. The molecule has 0 unspecified atom stereocenters. The van der Waals surface area contributed by atoms with Crippen LogP contribution in [-0.4, -0.2) is 14.5 Å². The number of hydrogen-bond donors (Lipinski definition) is 0. The zero-order valence-electron chi connectivity index (χ0n) is 27.1. The molecule has 8 aromatic carbocycles. The Labute approximate surface area is 294 Å². The van der Waals surface area contributed by atoms with Gasteiger partial charge in [0, 0.05) is 37.2 Å². The van der Waals surface area contributed by atoms with Crippen LogP contribution in [0.1, 0.15) is 0 Å². The van der Waals surface area contributed by atoms with Gasteiger partial charge in [-0.25, -0.2) is 9.97 Å². The monoisotopic (exact) mass is 667 g/mol. The summed E-state index contributed by atoms with van der Waals surface area (Å²) in [5, 5.41) is 13.1. The van der Waals surface area contributed by atoms with Gasteiger partial charge in [-0.05, 0) is 62.6 Å². The van der Waals surface area contributed by atoms with Crippen LogP contribution < -0.4 is 0 Å². The molecule has 5 heteroatoms. The number of hydrogen-bond acceptors (Lipinski definition) is 4. The molecule has 236 valence electrons. The molecule has 0 aliphatic heterocycles. The molecule has 4 nitrogen and oxygen atoms in total. The van der Waals surface area contributed by atoms with E-state index in [1.54, 1.807) is 0 Å². The van der Waals surface area contributed by atoms with E-state index in [2.05, 4.69) is 144 Å². The van der Waals surface area contributed by atoms with Gasteiger partial charge in [0.2, 0.25) is 5.95 Å².